The Labute approximate surface area is 163 Å². The summed E-state index contributed by atoms with van der Waals surface area (Å²) in [5.41, 5.74) is 1.07. The van der Waals surface area contributed by atoms with Crippen molar-refractivity contribution in [2.45, 2.75) is 77.0 Å². The van der Waals surface area contributed by atoms with Crippen LogP contribution in [0.4, 0.5) is 0 Å². The Morgan fingerprint density at radius 3 is 2.44 bits per heavy atom. The summed E-state index contributed by atoms with van der Waals surface area (Å²) in [5.74, 6) is -0.225. The number of nitrogens with one attached hydrogen (secondary N) is 1. The lowest BCUT2D eigenvalue weighted by Gasteiger charge is -2.40. The summed E-state index contributed by atoms with van der Waals surface area (Å²) in [6, 6.07) is 9.26. The molecule has 4 atom stereocenters. The summed E-state index contributed by atoms with van der Waals surface area (Å²) >= 11 is 0. The zero-order valence-corrected chi connectivity index (χ0v) is 18.2. The van der Waals surface area contributed by atoms with E-state index in [1.54, 1.807) is 0 Å². The molecule has 2 N–H and O–H groups in total. The van der Waals surface area contributed by atoms with E-state index in [1.165, 1.54) is 6.92 Å². The van der Waals surface area contributed by atoms with Gasteiger partial charge in [0.1, 0.15) is 12.1 Å². The zero-order valence-electron chi connectivity index (χ0n) is 17.2. The van der Waals surface area contributed by atoms with Gasteiger partial charge in [0, 0.05) is 6.92 Å². The molecule has 7 heteroatoms. The lowest BCUT2D eigenvalue weighted by Crippen LogP contribution is -2.54. The van der Waals surface area contributed by atoms with E-state index >= 15 is 0 Å². The fourth-order valence-electron chi connectivity index (χ4n) is 2.79. The predicted octanol–water partition coefficient (Wildman–Crippen LogP) is 2.82. The van der Waals surface area contributed by atoms with E-state index < -0.39 is 32.9 Å². The van der Waals surface area contributed by atoms with E-state index in [-0.39, 0.29) is 17.6 Å². The number of aliphatic hydroxyl groups excluding tert-OH is 1. The lowest BCUT2D eigenvalue weighted by molar-refractivity contribution is -0.129. The van der Waals surface area contributed by atoms with Crippen molar-refractivity contribution in [3.8, 4) is 0 Å². The Morgan fingerprint density at radius 1 is 1.26 bits per heavy atom. The molecule has 6 nitrogen and oxygen atoms in total. The van der Waals surface area contributed by atoms with Crippen molar-refractivity contribution in [1.29, 1.82) is 0 Å². The molecule has 1 amide bonds. The number of aliphatic hydroxyl groups is 1. The monoisotopic (exact) mass is 395 g/mol. The molecular weight excluding hydrogens is 362 g/mol. The first kappa shape index (κ1) is 22.0. The molecule has 0 aliphatic carbocycles. The van der Waals surface area contributed by atoms with Gasteiger partial charge in [-0.1, -0.05) is 51.1 Å². The lowest BCUT2D eigenvalue weighted by atomic mass is 10.1. The van der Waals surface area contributed by atoms with E-state index in [0.717, 1.165) is 5.56 Å². The van der Waals surface area contributed by atoms with Gasteiger partial charge in [0.15, 0.2) is 14.6 Å². The van der Waals surface area contributed by atoms with E-state index in [4.69, 9.17) is 13.9 Å². The molecule has 2 rings (SSSR count). The highest BCUT2D eigenvalue weighted by molar-refractivity contribution is 6.74. The Morgan fingerprint density at radius 2 is 1.89 bits per heavy atom. The molecule has 0 radical (unpaired) electrons. The Bertz CT molecular complexity index is 617. The summed E-state index contributed by atoms with van der Waals surface area (Å²) < 4.78 is 18.0. The number of hydrogen-bond donors (Lipinski definition) is 2. The summed E-state index contributed by atoms with van der Waals surface area (Å²) in [6.07, 6.45) is -2.02. The van der Waals surface area contributed by atoms with Gasteiger partial charge in [-0.2, -0.15) is 0 Å². The second-order valence-electron chi connectivity index (χ2n) is 8.63. The van der Waals surface area contributed by atoms with Gasteiger partial charge in [-0.25, -0.2) is 0 Å². The molecule has 1 aromatic carbocycles. The summed E-state index contributed by atoms with van der Waals surface area (Å²) in [7, 11) is -2.14. The van der Waals surface area contributed by atoms with Crippen LogP contribution in [0.5, 0.6) is 0 Å². The van der Waals surface area contributed by atoms with E-state index in [9.17, 15) is 9.90 Å². The first-order chi connectivity index (χ1) is 12.5. The molecular formula is C20H33NO5Si. The number of benzene rings is 1. The van der Waals surface area contributed by atoms with Crippen molar-refractivity contribution in [2.24, 2.45) is 0 Å². The number of rotatable bonds is 7. The third-order valence-corrected chi connectivity index (χ3v) is 9.82. The summed E-state index contributed by atoms with van der Waals surface area (Å²) in [4.78, 5) is 11.6. The number of ether oxygens (including phenoxy) is 2. The van der Waals surface area contributed by atoms with Gasteiger partial charge in [0.2, 0.25) is 5.91 Å². The third kappa shape index (κ3) is 5.86. The topological polar surface area (TPSA) is 77.0 Å². The quantitative estimate of drug-likeness (QED) is 0.694. The first-order valence-electron chi connectivity index (χ1n) is 9.41. The standard InChI is InChI=1S/C20H33NO5Si/c1-14(22)21-17-18(26-27(5,6)20(2,3)4)16(25-19(17)23)13-24-12-15-10-8-7-9-11-15/h7-11,16-19,23H,12-13H2,1-6H3,(H,21,22)/t16-,17+,18?,19+/m1/s1. The van der Waals surface area contributed by atoms with Crippen LogP contribution in [0.15, 0.2) is 30.3 Å². The van der Waals surface area contributed by atoms with E-state index in [2.05, 4.69) is 39.2 Å². The minimum absolute atomic E-state index is 0.00321. The van der Waals surface area contributed by atoms with E-state index in [0.29, 0.717) is 6.61 Å². The smallest absolute Gasteiger partial charge is 0.217 e. The van der Waals surface area contributed by atoms with Crippen molar-refractivity contribution in [1.82, 2.24) is 5.32 Å². The molecule has 1 heterocycles. The number of carbonyl (C=O) groups is 1. The van der Waals surface area contributed by atoms with E-state index in [1.807, 2.05) is 30.3 Å². The SMILES string of the molecule is CC(=O)N[C@H]1C(O[Si](C)(C)C(C)(C)C)[C@@H](COCc2ccccc2)O[C@@H]1O. The maximum atomic E-state index is 11.6. The fraction of sp³-hybridized carbons (Fsp3) is 0.650. The van der Waals surface area contributed by atoms with Gasteiger partial charge in [0.25, 0.3) is 0 Å². The second-order valence-corrected chi connectivity index (χ2v) is 13.4. The van der Waals surface area contributed by atoms with Crippen LogP contribution in [-0.4, -0.2) is 50.5 Å². The summed E-state index contributed by atoms with van der Waals surface area (Å²) in [6.45, 7) is 12.9. The van der Waals surface area contributed by atoms with Crippen LogP contribution in [0.1, 0.15) is 33.3 Å². The molecule has 1 fully saturated rings. The Kier molecular flexibility index (Phi) is 7.21. The second kappa shape index (κ2) is 8.83. The largest absolute Gasteiger partial charge is 0.409 e. The minimum atomic E-state index is -2.14. The third-order valence-electron chi connectivity index (χ3n) is 5.34. The van der Waals surface area contributed by atoms with Gasteiger partial charge in [-0.15, -0.1) is 0 Å². The molecule has 1 aliphatic heterocycles. The van der Waals surface area contributed by atoms with Crippen molar-refractivity contribution in [2.75, 3.05) is 6.61 Å². The number of amides is 1. The van der Waals surface area contributed by atoms with Gasteiger partial charge in [-0.05, 0) is 23.7 Å². The normalized spacial score (nSPS) is 26.2. The minimum Gasteiger partial charge on any atom is -0.409 e. The van der Waals surface area contributed by atoms with Gasteiger partial charge < -0.3 is 24.3 Å². The highest BCUT2D eigenvalue weighted by Crippen LogP contribution is 2.39. The van der Waals surface area contributed by atoms with Crippen LogP contribution in [0.25, 0.3) is 0 Å². The number of hydrogen-bond acceptors (Lipinski definition) is 5. The molecule has 152 valence electrons. The van der Waals surface area contributed by atoms with Gasteiger partial charge >= 0.3 is 0 Å². The average Bonchev–Trinajstić information content (AvgIpc) is 2.82. The molecule has 0 bridgehead atoms. The van der Waals surface area contributed by atoms with Crippen LogP contribution in [0, 0.1) is 0 Å². The van der Waals surface area contributed by atoms with Crippen LogP contribution in [-0.2, 0) is 25.3 Å². The molecule has 1 saturated heterocycles. The maximum Gasteiger partial charge on any atom is 0.217 e. The molecule has 1 aliphatic rings. The summed E-state index contributed by atoms with van der Waals surface area (Å²) in [5, 5.41) is 13.1. The van der Waals surface area contributed by atoms with Crippen molar-refractivity contribution < 1.29 is 23.8 Å². The molecule has 0 spiro atoms. The molecule has 0 saturated carbocycles. The highest BCUT2D eigenvalue weighted by Gasteiger charge is 2.50. The average molecular weight is 396 g/mol. The molecule has 1 aromatic rings. The van der Waals surface area contributed by atoms with Crippen LogP contribution < -0.4 is 5.32 Å². The zero-order chi connectivity index (χ0) is 20.2. The fourth-order valence-corrected chi connectivity index (χ4v) is 4.12. The highest BCUT2D eigenvalue weighted by atomic mass is 28.4. The van der Waals surface area contributed by atoms with Crippen LogP contribution >= 0.6 is 0 Å². The van der Waals surface area contributed by atoms with Crippen molar-refractivity contribution in [3.63, 3.8) is 0 Å². The first-order valence-corrected chi connectivity index (χ1v) is 12.3. The molecule has 1 unspecified atom stereocenters. The number of carbonyl (C=O) groups excluding carboxylic acids is 1. The molecule has 27 heavy (non-hydrogen) atoms. The van der Waals surface area contributed by atoms with Gasteiger partial charge in [0.05, 0.1) is 19.3 Å². The Hall–Kier alpha value is -1.25. The Balaban J connectivity index is 2.09. The van der Waals surface area contributed by atoms with Crippen molar-refractivity contribution >= 4 is 14.2 Å². The van der Waals surface area contributed by atoms with Crippen LogP contribution in [0.2, 0.25) is 18.1 Å². The van der Waals surface area contributed by atoms with Crippen molar-refractivity contribution in [3.05, 3.63) is 35.9 Å². The maximum absolute atomic E-state index is 11.6. The molecule has 0 aromatic heterocycles. The predicted molar refractivity (Wildman–Crippen MR) is 107 cm³/mol. The van der Waals surface area contributed by atoms with Crippen LogP contribution in [0.3, 0.4) is 0 Å². The van der Waals surface area contributed by atoms with Gasteiger partial charge in [-0.3, -0.25) is 4.79 Å².